The second-order valence-corrected chi connectivity index (χ2v) is 6.75. The largest absolute Gasteiger partial charge is 0.497 e. The van der Waals surface area contributed by atoms with E-state index in [1.807, 2.05) is 67.6 Å². The molecule has 0 aromatic heterocycles. The lowest BCUT2D eigenvalue weighted by Crippen LogP contribution is -2.19. The van der Waals surface area contributed by atoms with Gasteiger partial charge in [-0.25, -0.2) is 0 Å². The Morgan fingerprint density at radius 2 is 1.70 bits per heavy atom. The van der Waals surface area contributed by atoms with Crippen LogP contribution in [0.4, 0.5) is 0 Å². The summed E-state index contributed by atoms with van der Waals surface area (Å²) in [5.41, 5.74) is 3.95. The highest BCUT2D eigenvalue weighted by Gasteiger charge is 2.26. The summed E-state index contributed by atoms with van der Waals surface area (Å²) in [7, 11) is 1.65. The second-order valence-electron chi connectivity index (χ2n) is 5.76. The average Bonchev–Trinajstić information content (AvgIpc) is 3.07. The van der Waals surface area contributed by atoms with E-state index in [0.29, 0.717) is 10.1 Å². The van der Waals surface area contributed by atoms with Crippen molar-refractivity contribution in [2.75, 3.05) is 7.11 Å². The van der Waals surface area contributed by atoms with E-state index in [-0.39, 0.29) is 5.91 Å². The SMILES string of the molecule is COc1ccc(/C=C/c2ccc(/C(C)=C3\SC(=NC#N)NC3=O)cc2)cc1. The highest BCUT2D eigenvalue weighted by Crippen LogP contribution is 2.31. The number of ether oxygens (including phenoxy) is 1. The molecule has 0 spiro atoms. The van der Waals surface area contributed by atoms with Gasteiger partial charge in [0.2, 0.25) is 6.19 Å². The Morgan fingerprint density at radius 1 is 1.11 bits per heavy atom. The Morgan fingerprint density at radius 3 is 2.26 bits per heavy atom. The van der Waals surface area contributed by atoms with Gasteiger partial charge in [-0.15, -0.1) is 4.99 Å². The third kappa shape index (κ3) is 4.46. The minimum Gasteiger partial charge on any atom is -0.497 e. The predicted octanol–water partition coefficient (Wildman–Crippen LogP) is 4.30. The van der Waals surface area contributed by atoms with Gasteiger partial charge < -0.3 is 4.74 Å². The molecule has 1 aliphatic rings. The van der Waals surface area contributed by atoms with Crippen LogP contribution in [0.25, 0.3) is 17.7 Å². The number of hydrogen-bond donors (Lipinski definition) is 1. The molecule has 1 amide bonds. The summed E-state index contributed by atoms with van der Waals surface area (Å²) in [6.07, 6.45) is 5.75. The molecule has 1 saturated heterocycles. The van der Waals surface area contributed by atoms with Crippen LogP contribution in [0.1, 0.15) is 23.6 Å². The summed E-state index contributed by atoms with van der Waals surface area (Å²) in [6, 6.07) is 15.8. The van der Waals surface area contributed by atoms with Crippen molar-refractivity contribution in [3.63, 3.8) is 0 Å². The number of hydrogen-bond acceptors (Lipinski definition) is 5. The van der Waals surface area contributed by atoms with Gasteiger partial charge in [0.25, 0.3) is 5.91 Å². The smallest absolute Gasteiger partial charge is 0.264 e. The second kappa shape index (κ2) is 8.39. The van der Waals surface area contributed by atoms with Gasteiger partial charge in [0, 0.05) is 0 Å². The average molecular weight is 375 g/mol. The number of nitrogens with zero attached hydrogens (tertiary/aromatic N) is 2. The van der Waals surface area contributed by atoms with Gasteiger partial charge in [0.1, 0.15) is 5.75 Å². The number of nitrogens with one attached hydrogen (secondary N) is 1. The molecule has 1 N–H and O–H groups in total. The first-order valence-corrected chi connectivity index (χ1v) is 9.02. The normalized spacial score (nSPS) is 17.1. The Balaban J connectivity index is 1.76. The first-order valence-electron chi connectivity index (χ1n) is 8.20. The topological polar surface area (TPSA) is 74.5 Å². The summed E-state index contributed by atoms with van der Waals surface area (Å²) < 4.78 is 5.16. The third-order valence-corrected chi connectivity index (χ3v) is 5.13. The molecule has 27 heavy (non-hydrogen) atoms. The van der Waals surface area contributed by atoms with Gasteiger partial charge in [0.05, 0.1) is 12.0 Å². The number of allylic oxidation sites excluding steroid dienone is 1. The van der Waals surface area contributed by atoms with Crippen LogP contribution in [0.2, 0.25) is 0 Å². The van der Waals surface area contributed by atoms with Crippen molar-refractivity contribution < 1.29 is 9.53 Å². The van der Waals surface area contributed by atoms with E-state index in [1.165, 1.54) is 11.8 Å². The van der Waals surface area contributed by atoms with Crippen LogP contribution < -0.4 is 10.1 Å². The lowest BCUT2D eigenvalue weighted by Gasteiger charge is -2.04. The fourth-order valence-electron chi connectivity index (χ4n) is 2.55. The van der Waals surface area contributed by atoms with Crippen molar-refractivity contribution in [2.45, 2.75) is 6.92 Å². The van der Waals surface area contributed by atoms with Crippen LogP contribution in [0.5, 0.6) is 5.75 Å². The first kappa shape index (κ1) is 18.5. The van der Waals surface area contributed by atoms with Crippen LogP contribution in [0.3, 0.4) is 0 Å². The molecular formula is C21H17N3O2S. The van der Waals surface area contributed by atoms with Crippen LogP contribution in [-0.2, 0) is 4.79 Å². The fourth-order valence-corrected chi connectivity index (χ4v) is 3.39. The highest BCUT2D eigenvalue weighted by atomic mass is 32.2. The summed E-state index contributed by atoms with van der Waals surface area (Å²) in [4.78, 5) is 16.2. The molecule has 5 nitrogen and oxygen atoms in total. The maximum absolute atomic E-state index is 12.0. The van der Waals surface area contributed by atoms with Crippen molar-refractivity contribution in [2.24, 2.45) is 4.99 Å². The van der Waals surface area contributed by atoms with E-state index in [9.17, 15) is 4.79 Å². The van der Waals surface area contributed by atoms with Gasteiger partial charge in [-0.2, -0.15) is 5.26 Å². The van der Waals surface area contributed by atoms with Crippen molar-refractivity contribution in [3.05, 3.63) is 70.1 Å². The maximum Gasteiger partial charge on any atom is 0.264 e. The van der Waals surface area contributed by atoms with E-state index in [4.69, 9.17) is 10.00 Å². The van der Waals surface area contributed by atoms with Crippen LogP contribution >= 0.6 is 11.8 Å². The summed E-state index contributed by atoms with van der Waals surface area (Å²) in [5, 5.41) is 11.5. The zero-order valence-electron chi connectivity index (χ0n) is 14.9. The van der Waals surface area contributed by atoms with E-state index in [1.54, 1.807) is 13.3 Å². The molecule has 0 saturated carbocycles. The summed E-state index contributed by atoms with van der Waals surface area (Å²) in [6.45, 7) is 1.89. The highest BCUT2D eigenvalue weighted by molar-refractivity contribution is 8.18. The third-order valence-electron chi connectivity index (χ3n) is 4.05. The number of carbonyl (C=O) groups is 1. The Labute approximate surface area is 162 Å². The molecule has 0 bridgehead atoms. The molecule has 6 heteroatoms. The van der Waals surface area contributed by atoms with E-state index < -0.39 is 0 Å². The molecule has 1 aliphatic heterocycles. The number of thioether (sulfide) groups is 1. The zero-order chi connectivity index (χ0) is 19.2. The number of nitriles is 1. The molecular weight excluding hydrogens is 358 g/mol. The van der Waals surface area contributed by atoms with E-state index in [2.05, 4.69) is 10.3 Å². The molecule has 0 aliphatic carbocycles. The van der Waals surface area contributed by atoms with Crippen LogP contribution in [0.15, 0.2) is 58.4 Å². The standard InChI is InChI=1S/C21H17N3O2S/c1-14(19-20(25)24-21(27-19)23-13-22)17-9-5-15(6-10-17)3-4-16-7-11-18(26-2)12-8-16/h3-12H,1-2H3,(H,23,24,25)/b4-3+,19-14-. The van der Waals surface area contributed by atoms with Crippen molar-refractivity contribution in [1.29, 1.82) is 5.26 Å². The molecule has 3 rings (SSSR count). The number of amidine groups is 1. The molecule has 0 atom stereocenters. The molecule has 1 heterocycles. The lowest BCUT2D eigenvalue weighted by atomic mass is 10.0. The monoisotopic (exact) mass is 375 g/mol. The fraction of sp³-hybridized carbons (Fsp3) is 0.0952. The van der Waals surface area contributed by atoms with Crippen molar-refractivity contribution in [3.8, 4) is 11.9 Å². The Bertz CT molecular complexity index is 982. The number of methoxy groups -OCH3 is 1. The van der Waals surface area contributed by atoms with Gasteiger partial charge in [0.15, 0.2) is 5.17 Å². The summed E-state index contributed by atoms with van der Waals surface area (Å²) >= 11 is 1.18. The predicted molar refractivity (Wildman–Crippen MR) is 110 cm³/mol. The molecule has 0 radical (unpaired) electrons. The molecule has 134 valence electrons. The van der Waals surface area contributed by atoms with Crippen molar-refractivity contribution in [1.82, 2.24) is 5.32 Å². The van der Waals surface area contributed by atoms with Gasteiger partial charge in [-0.3, -0.25) is 10.1 Å². The number of aliphatic imine (C=N–C) groups is 1. The molecule has 2 aromatic rings. The van der Waals surface area contributed by atoms with Crippen molar-refractivity contribution >= 4 is 40.6 Å². The lowest BCUT2D eigenvalue weighted by molar-refractivity contribution is -0.115. The zero-order valence-corrected chi connectivity index (χ0v) is 15.7. The van der Waals surface area contributed by atoms with Crippen LogP contribution in [0, 0.1) is 11.5 Å². The van der Waals surface area contributed by atoms with E-state index in [0.717, 1.165) is 28.0 Å². The minimum absolute atomic E-state index is 0.227. The molecule has 1 fully saturated rings. The van der Waals surface area contributed by atoms with Crippen LogP contribution in [-0.4, -0.2) is 18.2 Å². The number of benzene rings is 2. The molecule has 0 unspecified atom stereocenters. The Kier molecular flexibility index (Phi) is 5.74. The first-order chi connectivity index (χ1) is 13.1. The minimum atomic E-state index is -0.227. The van der Waals surface area contributed by atoms with E-state index >= 15 is 0 Å². The van der Waals surface area contributed by atoms with Gasteiger partial charge in [-0.1, -0.05) is 48.6 Å². The van der Waals surface area contributed by atoms with Gasteiger partial charge >= 0.3 is 0 Å². The number of amides is 1. The number of carbonyl (C=O) groups excluding carboxylic acids is 1. The summed E-state index contributed by atoms with van der Waals surface area (Å²) in [5.74, 6) is 0.604. The molecule has 2 aromatic carbocycles. The number of rotatable bonds is 4. The maximum atomic E-state index is 12.0. The van der Waals surface area contributed by atoms with Gasteiger partial charge in [-0.05, 0) is 53.1 Å². The quantitative estimate of drug-likeness (QED) is 0.491. The Hall–Kier alpha value is -3.30.